The molecule has 1 fully saturated rings. The second-order valence-corrected chi connectivity index (χ2v) is 5.07. The fourth-order valence-electron chi connectivity index (χ4n) is 2.79. The maximum atomic E-state index is 12.3. The van der Waals surface area contributed by atoms with E-state index in [1.807, 2.05) is 30.3 Å². The summed E-state index contributed by atoms with van der Waals surface area (Å²) in [5, 5.41) is 3.09. The predicted molar refractivity (Wildman–Crippen MR) is 81.8 cm³/mol. The van der Waals surface area contributed by atoms with Gasteiger partial charge in [-0.1, -0.05) is 36.8 Å². The molecule has 1 saturated carbocycles. The summed E-state index contributed by atoms with van der Waals surface area (Å²) >= 11 is 0. The van der Waals surface area contributed by atoms with E-state index in [-0.39, 0.29) is 24.4 Å². The number of nitrogens with two attached hydrogens (primary N) is 1. The van der Waals surface area contributed by atoms with Crippen molar-refractivity contribution < 1.29 is 9.53 Å². The molecule has 4 nitrogen and oxygen atoms in total. The van der Waals surface area contributed by atoms with E-state index in [0.29, 0.717) is 12.5 Å². The molecule has 3 unspecified atom stereocenters. The molecule has 20 heavy (non-hydrogen) atoms. The fraction of sp³-hybridized carbons (Fsp3) is 0.533. The van der Waals surface area contributed by atoms with E-state index in [9.17, 15) is 4.79 Å². The lowest BCUT2D eigenvalue weighted by molar-refractivity contribution is -0.132. The summed E-state index contributed by atoms with van der Waals surface area (Å²) in [6.45, 7) is 0.633. The number of ether oxygens (including phenoxy) is 1. The van der Waals surface area contributed by atoms with Crippen LogP contribution in [-0.4, -0.2) is 25.6 Å². The van der Waals surface area contributed by atoms with E-state index in [0.717, 1.165) is 24.8 Å². The van der Waals surface area contributed by atoms with Gasteiger partial charge in [-0.3, -0.25) is 4.79 Å². The first-order valence-corrected chi connectivity index (χ1v) is 6.84. The average molecular weight is 299 g/mol. The standard InChI is InChI=1S/C15H22N2O2.ClH/c1-19-14(11-6-3-2-4-7-11)15(18)17-13-9-5-8-12(13)10-16;/h2-4,6-7,12-14H,5,8-10,16H2,1H3,(H,17,18);1H. The van der Waals surface area contributed by atoms with Crippen molar-refractivity contribution in [1.82, 2.24) is 5.32 Å². The summed E-state index contributed by atoms with van der Waals surface area (Å²) in [6, 6.07) is 9.75. The highest BCUT2D eigenvalue weighted by Crippen LogP contribution is 2.26. The second kappa shape index (κ2) is 8.25. The van der Waals surface area contributed by atoms with Gasteiger partial charge in [0.25, 0.3) is 5.91 Å². The largest absolute Gasteiger partial charge is 0.367 e. The lowest BCUT2D eigenvalue weighted by Crippen LogP contribution is -2.42. The Labute approximate surface area is 126 Å². The van der Waals surface area contributed by atoms with Crippen LogP contribution in [0.4, 0.5) is 0 Å². The van der Waals surface area contributed by atoms with Crippen LogP contribution in [0, 0.1) is 5.92 Å². The normalized spacial score (nSPS) is 22.9. The Hall–Kier alpha value is -1.10. The monoisotopic (exact) mass is 298 g/mol. The van der Waals surface area contributed by atoms with Gasteiger partial charge in [-0.25, -0.2) is 0 Å². The highest BCUT2D eigenvalue weighted by Gasteiger charge is 2.30. The molecule has 1 aliphatic carbocycles. The van der Waals surface area contributed by atoms with Gasteiger partial charge < -0.3 is 15.8 Å². The van der Waals surface area contributed by atoms with Gasteiger partial charge in [0.2, 0.25) is 0 Å². The van der Waals surface area contributed by atoms with Gasteiger partial charge in [0.15, 0.2) is 6.10 Å². The minimum absolute atomic E-state index is 0. The van der Waals surface area contributed by atoms with Gasteiger partial charge in [-0.05, 0) is 30.9 Å². The molecule has 0 bridgehead atoms. The molecule has 1 aromatic rings. The summed E-state index contributed by atoms with van der Waals surface area (Å²) in [5.41, 5.74) is 6.62. The summed E-state index contributed by atoms with van der Waals surface area (Å²) in [4.78, 5) is 12.3. The number of carbonyl (C=O) groups is 1. The lowest BCUT2D eigenvalue weighted by atomic mass is 10.0. The third-order valence-electron chi connectivity index (χ3n) is 3.87. The topological polar surface area (TPSA) is 64.3 Å². The molecule has 1 aliphatic rings. The van der Waals surface area contributed by atoms with Crippen LogP contribution < -0.4 is 11.1 Å². The first-order valence-electron chi connectivity index (χ1n) is 6.84. The number of hydrogen-bond acceptors (Lipinski definition) is 3. The Morgan fingerprint density at radius 2 is 2.10 bits per heavy atom. The zero-order valence-corrected chi connectivity index (χ0v) is 12.6. The zero-order valence-electron chi connectivity index (χ0n) is 11.7. The van der Waals surface area contributed by atoms with Gasteiger partial charge in [0.1, 0.15) is 0 Å². The maximum Gasteiger partial charge on any atom is 0.253 e. The summed E-state index contributed by atoms with van der Waals surface area (Å²) < 4.78 is 5.33. The summed E-state index contributed by atoms with van der Waals surface area (Å²) in [7, 11) is 1.56. The van der Waals surface area contributed by atoms with Crippen LogP contribution in [0.15, 0.2) is 30.3 Å². The van der Waals surface area contributed by atoms with E-state index in [1.54, 1.807) is 7.11 Å². The van der Waals surface area contributed by atoms with Gasteiger partial charge in [0.05, 0.1) is 0 Å². The highest BCUT2D eigenvalue weighted by atomic mass is 35.5. The number of benzene rings is 1. The van der Waals surface area contributed by atoms with E-state index in [4.69, 9.17) is 10.5 Å². The number of carbonyl (C=O) groups excluding carboxylic acids is 1. The van der Waals surface area contributed by atoms with Crippen molar-refractivity contribution in [1.29, 1.82) is 0 Å². The van der Waals surface area contributed by atoms with E-state index < -0.39 is 6.10 Å². The van der Waals surface area contributed by atoms with Crippen LogP contribution in [0.2, 0.25) is 0 Å². The molecule has 0 aromatic heterocycles. The van der Waals surface area contributed by atoms with Gasteiger partial charge in [0, 0.05) is 13.2 Å². The summed E-state index contributed by atoms with van der Waals surface area (Å²) in [6.07, 6.45) is 2.71. The molecular weight excluding hydrogens is 276 g/mol. The smallest absolute Gasteiger partial charge is 0.253 e. The quantitative estimate of drug-likeness (QED) is 0.874. The number of rotatable bonds is 5. The van der Waals surface area contributed by atoms with Crippen molar-refractivity contribution in [3.63, 3.8) is 0 Å². The number of methoxy groups -OCH3 is 1. The molecule has 1 amide bonds. The van der Waals surface area contributed by atoms with Gasteiger partial charge in [-0.15, -0.1) is 12.4 Å². The Morgan fingerprint density at radius 3 is 2.70 bits per heavy atom. The van der Waals surface area contributed by atoms with Crippen molar-refractivity contribution in [2.75, 3.05) is 13.7 Å². The van der Waals surface area contributed by atoms with Crippen LogP contribution in [0.3, 0.4) is 0 Å². The van der Waals surface area contributed by atoms with Crippen LogP contribution in [0.1, 0.15) is 30.9 Å². The molecule has 0 radical (unpaired) electrons. The molecule has 112 valence electrons. The first-order chi connectivity index (χ1) is 9.26. The highest BCUT2D eigenvalue weighted by molar-refractivity contribution is 5.85. The van der Waals surface area contributed by atoms with Crippen molar-refractivity contribution in [3.05, 3.63) is 35.9 Å². The van der Waals surface area contributed by atoms with E-state index >= 15 is 0 Å². The average Bonchev–Trinajstić information content (AvgIpc) is 2.88. The molecule has 0 spiro atoms. The van der Waals surface area contributed by atoms with Crippen LogP contribution in [0.5, 0.6) is 0 Å². The minimum Gasteiger partial charge on any atom is -0.367 e. The molecule has 0 aliphatic heterocycles. The van der Waals surface area contributed by atoms with Crippen LogP contribution in [0.25, 0.3) is 0 Å². The molecule has 1 aromatic carbocycles. The lowest BCUT2D eigenvalue weighted by Gasteiger charge is -2.23. The number of nitrogens with one attached hydrogen (secondary N) is 1. The number of amides is 1. The van der Waals surface area contributed by atoms with Crippen molar-refractivity contribution in [2.45, 2.75) is 31.4 Å². The molecular formula is C15H23ClN2O2. The predicted octanol–water partition coefficient (Wildman–Crippen LogP) is 2.04. The Bertz CT molecular complexity index is 414. The van der Waals surface area contributed by atoms with E-state index in [2.05, 4.69) is 5.32 Å². The van der Waals surface area contributed by atoms with Gasteiger partial charge >= 0.3 is 0 Å². The van der Waals surface area contributed by atoms with Gasteiger partial charge in [-0.2, -0.15) is 0 Å². The maximum absolute atomic E-state index is 12.3. The van der Waals surface area contributed by atoms with Crippen LogP contribution in [-0.2, 0) is 9.53 Å². The Kier molecular flexibility index (Phi) is 6.99. The Morgan fingerprint density at radius 1 is 1.40 bits per heavy atom. The summed E-state index contributed by atoms with van der Waals surface area (Å²) in [5.74, 6) is 0.330. The van der Waals surface area contributed by atoms with E-state index in [1.165, 1.54) is 0 Å². The van der Waals surface area contributed by atoms with Crippen molar-refractivity contribution in [2.24, 2.45) is 11.7 Å². The van der Waals surface area contributed by atoms with Crippen molar-refractivity contribution >= 4 is 18.3 Å². The number of halogens is 1. The molecule has 0 saturated heterocycles. The number of hydrogen-bond donors (Lipinski definition) is 2. The Balaban J connectivity index is 0.00000200. The molecule has 3 N–H and O–H groups in total. The van der Waals surface area contributed by atoms with Crippen LogP contribution >= 0.6 is 12.4 Å². The third kappa shape index (κ3) is 3.95. The first kappa shape index (κ1) is 17.0. The minimum atomic E-state index is -0.541. The molecule has 5 heteroatoms. The zero-order chi connectivity index (χ0) is 13.7. The molecule has 3 atom stereocenters. The van der Waals surface area contributed by atoms with Crippen molar-refractivity contribution in [3.8, 4) is 0 Å². The fourth-order valence-corrected chi connectivity index (χ4v) is 2.79. The second-order valence-electron chi connectivity index (χ2n) is 5.07. The molecule has 2 rings (SSSR count). The third-order valence-corrected chi connectivity index (χ3v) is 3.87. The molecule has 0 heterocycles. The SMILES string of the molecule is COC(C(=O)NC1CCCC1CN)c1ccccc1.Cl.